The number of rotatable bonds is 7. The Balaban J connectivity index is 1.47. The summed E-state index contributed by atoms with van der Waals surface area (Å²) < 4.78 is 5.21. The predicted octanol–water partition coefficient (Wildman–Crippen LogP) is 5.62. The van der Waals surface area contributed by atoms with Crippen LogP contribution < -0.4 is 4.74 Å². The molecule has 0 aliphatic heterocycles. The molecule has 0 saturated carbocycles. The highest BCUT2D eigenvalue weighted by molar-refractivity contribution is 7.99. The van der Waals surface area contributed by atoms with Crippen LogP contribution in [-0.4, -0.2) is 33.8 Å². The predicted molar refractivity (Wildman–Crippen MR) is 119 cm³/mol. The summed E-state index contributed by atoms with van der Waals surface area (Å²) in [5.41, 5.74) is 2.74. The van der Waals surface area contributed by atoms with E-state index in [2.05, 4.69) is 15.2 Å². The molecule has 5 nitrogen and oxygen atoms in total. The topological polar surface area (TPSA) is 65.0 Å². The number of aryl methyl sites for hydroxylation is 1. The summed E-state index contributed by atoms with van der Waals surface area (Å²) in [7, 11) is 1.65. The molecule has 0 aliphatic rings. The monoisotopic (exact) mass is 439 g/mol. The first-order chi connectivity index (χ1) is 14.1. The normalized spacial score (nSPS) is 10.8. The van der Waals surface area contributed by atoms with Crippen molar-refractivity contribution in [3.05, 3.63) is 64.5 Å². The maximum absolute atomic E-state index is 12.1. The van der Waals surface area contributed by atoms with Crippen LogP contribution in [0.15, 0.2) is 58.9 Å². The maximum Gasteiger partial charge on any atom is 0.183 e. The van der Waals surface area contributed by atoms with Gasteiger partial charge >= 0.3 is 0 Å². The van der Waals surface area contributed by atoms with Crippen molar-refractivity contribution >= 4 is 40.2 Å². The number of nitrogens with zero attached hydrogens (tertiary/aromatic N) is 3. The highest BCUT2D eigenvalue weighted by Crippen LogP contribution is 2.35. The number of hydrogen-bond acceptors (Lipinski definition) is 8. The second-order valence-corrected chi connectivity index (χ2v) is 9.05. The number of hydrogen-bond donors (Lipinski definition) is 0. The van der Waals surface area contributed by atoms with E-state index in [0.29, 0.717) is 5.75 Å². The van der Waals surface area contributed by atoms with E-state index >= 15 is 0 Å². The molecule has 29 heavy (non-hydrogen) atoms. The summed E-state index contributed by atoms with van der Waals surface area (Å²) in [6.07, 6.45) is 0. The molecule has 0 fully saturated rings. The molecule has 0 N–H and O–H groups in total. The Labute approximate surface area is 180 Å². The van der Waals surface area contributed by atoms with Gasteiger partial charge < -0.3 is 4.74 Å². The fourth-order valence-corrected chi connectivity index (χ4v) is 5.15. The molecule has 0 amide bonds. The molecule has 0 bridgehead atoms. The van der Waals surface area contributed by atoms with Gasteiger partial charge in [-0.3, -0.25) is 4.79 Å². The summed E-state index contributed by atoms with van der Waals surface area (Å²) >= 11 is 4.45. The number of ketones is 1. The third kappa shape index (κ3) is 4.55. The molecule has 0 unspecified atom stereocenters. The Kier molecular flexibility index (Phi) is 6.03. The van der Waals surface area contributed by atoms with Crippen LogP contribution in [0.2, 0.25) is 0 Å². The molecular weight excluding hydrogens is 422 g/mol. The van der Waals surface area contributed by atoms with Crippen LogP contribution in [0.3, 0.4) is 0 Å². The Morgan fingerprint density at radius 1 is 1.10 bits per heavy atom. The highest BCUT2D eigenvalue weighted by Gasteiger charge is 2.14. The van der Waals surface area contributed by atoms with Gasteiger partial charge in [0.2, 0.25) is 0 Å². The van der Waals surface area contributed by atoms with E-state index in [0.717, 1.165) is 42.5 Å². The number of ether oxygens (including phenoxy) is 1. The summed E-state index contributed by atoms with van der Waals surface area (Å²) in [6, 6.07) is 15.4. The second kappa shape index (κ2) is 8.86. The molecule has 0 saturated heterocycles. The number of carbonyl (C=O) groups is 1. The van der Waals surface area contributed by atoms with E-state index in [1.807, 2.05) is 60.8 Å². The van der Waals surface area contributed by atoms with Crippen molar-refractivity contribution in [2.45, 2.75) is 11.9 Å². The van der Waals surface area contributed by atoms with Crippen LogP contribution in [0.4, 0.5) is 0 Å². The number of thioether (sulfide) groups is 1. The van der Waals surface area contributed by atoms with Crippen LogP contribution in [0, 0.1) is 6.92 Å². The molecule has 146 valence electrons. The summed E-state index contributed by atoms with van der Waals surface area (Å²) in [5, 5.41) is 12.2. The van der Waals surface area contributed by atoms with Gasteiger partial charge in [-0.15, -0.1) is 32.9 Å². The third-order valence-corrected chi connectivity index (χ3v) is 7.21. The lowest BCUT2D eigenvalue weighted by Gasteiger charge is -2.01. The molecule has 4 aromatic rings. The molecule has 8 heteroatoms. The minimum absolute atomic E-state index is 0.110. The Hall–Kier alpha value is -2.55. The molecule has 1 aromatic carbocycles. The van der Waals surface area contributed by atoms with Gasteiger partial charge in [-0.05, 0) is 54.8 Å². The zero-order chi connectivity index (χ0) is 20.2. The number of benzene rings is 1. The first kappa shape index (κ1) is 19.8. The Morgan fingerprint density at radius 3 is 2.59 bits per heavy atom. The van der Waals surface area contributed by atoms with Crippen LogP contribution in [-0.2, 0) is 0 Å². The fourth-order valence-electron chi connectivity index (χ4n) is 2.66. The van der Waals surface area contributed by atoms with Crippen LogP contribution in [0.25, 0.3) is 21.1 Å². The van der Waals surface area contributed by atoms with Crippen molar-refractivity contribution in [1.29, 1.82) is 0 Å². The van der Waals surface area contributed by atoms with Crippen molar-refractivity contribution in [3.63, 3.8) is 0 Å². The van der Waals surface area contributed by atoms with Gasteiger partial charge in [-0.25, -0.2) is 4.98 Å². The number of aromatic nitrogens is 3. The van der Waals surface area contributed by atoms with E-state index in [-0.39, 0.29) is 5.78 Å². The first-order valence-electron chi connectivity index (χ1n) is 8.79. The minimum atomic E-state index is 0.110. The smallest absolute Gasteiger partial charge is 0.183 e. The second-order valence-electron chi connectivity index (χ2n) is 6.11. The lowest BCUT2D eigenvalue weighted by atomic mass is 10.2. The quantitative estimate of drug-likeness (QED) is 0.275. The van der Waals surface area contributed by atoms with Crippen molar-refractivity contribution < 1.29 is 9.53 Å². The standard InChI is InChI=1S/C21H17N3O2S3/c1-13-20(29-21(22-13)14-5-7-15(26-2)8-6-14)16-9-10-19(24-23-16)28-12-17(25)18-4-3-11-27-18/h3-11H,12H2,1-2H3. The van der Waals surface area contributed by atoms with E-state index < -0.39 is 0 Å². The van der Waals surface area contributed by atoms with Gasteiger partial charge in [0.1, 0.15) is 21.5 Å². The molecule has 0 aliphatic carbocycles. The van der Waals surface area contributed by atoms with Crippen LogP contribution >= 0.6 is 34.4 Å². The van der Waals surface area contributed by atoms with Gasteiger partial charge in [0.15, 0.2) is 5.78 Å². The zero-order valence-electron chi connectivity index (χ0n) is 15.8. The zero-order valence-corrected chi connectivity index (χ0v) is 18.2. The van der Waals surface area contributed by atoms with Crippen molar-refractivity contribution in [1.82, 2.24) is 15.2 Å². The van der Waals surface area contributed by atoms with E-state index in [9.17, 15) is 4.79 Å². The highest BCUT2D eigenvalue weighted by atomic mass is 32.2. The molecule has 0 atom stereocenters. The van der Waals surface area contributed by atoms with Crippen LogP contribution in [0.5, 0.6) is 5.75 Å². The Bertz CT molecular complexity index is 1110. The number of Topliss-reactive ketones (excluding diaryl/α,β-unsaturated/α-hetero) is 1. The summed E-state index contributed by atoms with van der Waals surface area (Å²) in [4.78, 5) is 18.6. The lowest BCUT2D eigenvalue weighted by Crippen LogP contribution is -2.00. The van der Waals surface area contributed by atoms with Gasteiger partial charge in [-0.1, -0.05) is 17.8 Å². The SMILES string of the molecule is COc1ccc(-c2nc(C)c(-c3ccc(SCC(=O)c4cccs4)nn3)s2)cc1. The number of methoxy groups -OCH3 is 1. The summed E-state index contributed by atoms with van der Waals surface area (Å²) in [5.74, 6) is 1.28. The molecular formula is C21H17N3O2S3. The first-order valence-corrected chi connectivity index (χ1v) is 11.5. The van der Waals surface area contributed by atoms with Gasteiger partial charge in [0.25, 0.3) is 0 Å². The molecule has 3 aromatic heterocycles. The largest absolute Gasteiger partial charge is 0.497 e. The van der Waals surface area contributed by atoms with Crippen molar-refractivity contribution in [2.75, 3.05) is 12.9 Å². The number of thiophene rings is 1. The van der Waals surface area contributed by atoms with Crippen molar-refractivity contribution in [2.24, 2.45) is 0 Å². The Morgan fingerprint density at radius 2 is 1.93 bits per heavy atom. The number of carbonyl (C=O) groups excluding carboxylic acids is 1. The van der Waals surface area contributed by atoms with Crippen molar-refractivity contribution in [3.8, 4) is 26.9 Å². The maximum atomic E-state index is 12.1. The lowest BCUT2D eigenvalue weighted by molar-refractivity contribution is 0.102. The van der Waals surface area contributed by atoms with Crippen LogP contribution in [0.1, 0.15) is 15.4 Å². The van der Waals surface area contributed by atoms with E-state index in [4.69, 9.17) is 4.74 Å². The van der Waals surface area contributed by atoms with E-state index in [1.165, 1.54) is 23.1 Å². The van der Waals surface area contributed by atoms with E-state index in [1.54, 1.807) is 18.4 Å². The average Bonchev–Trinajstić information content (AvgIpc) is 3.43. The molecule has 0 spiro atoms. The minimum Gasteiger partial charge on any atom is -0.497 e. The average molecular weight is 440 g/mol. The molecule has 0 radical (unpaired) electrons. The fraction of sp³-hybridized carbons (Fsp3) is 0.143. The third-order valence-electron chi connectivity index (χ3n) is 4.15. The summed E-state index contributed by atoms with van der Waals surface area (Å²) in [6.45, 7) is 1.98. The molecule has 4 rings (SSSR count). The van der Waals surface area contributed by atoms with Gasteiger partial charge in [-0.2, -0.15) is 0 Å². The number of thiazole rings is 1. The molecule has 3 heterocycles. The van der Waals surface area contributed by atoms with Gasteiger partial charge in [0, 0.05) is 5.56 Å². The van der Waals surface area contributed by atoms with Gasteiger partial charge in [0.05, 0.1) is 28.3 Å².